The smallest absolute Gasteiger partial charge is 0.0722 e. The maximum Gasteiger partial charge on any atom is 0.0722 e. The van der Waals surface area contributed by atoms with Gasteiger partial charge in [-0.15, -0.1) is 0 Å². The lowest BCUT2D eigenvalue weighted by Crippen LogP contribution is -2.34. The second-order valence-electron chi connectivity index (χ2n) is 6.54. The summed E-state index contributed by atoms with van der Waals surface area (Å²) >= 11 is 0. The summed E-state index contributed by atoms with van der Waals surface area (Å²) in [5, 5.41) is 0. The zero-order valence-corrected chi connectivity index (χ0v) is 13.0. The van der Waals surface area contributed by atoms with Gasteiger partial charge >= 0.3 is 0 Å². The minimum absolute atomic E-state index is 0.397. The van der Waals surface area contributed by atoms with Gasteiger partial charge in [-0.3, -0.25) is 4.98 Å². The number of nitrogens with zero attached hydrogens (tertiary/aromatic N) is 1. The first-order valence-electron chi connectivity index (χ1n) is 7.85. The van der Waals surface area contributed by atoms with E-state index in [0.717, 1.165) is 11.6 Å². The molecule has 3 nitrogen and oxygen atoms in total. The summed E-state index contributed by atoms with van der Waals surface area (Å²) in [7, 11) is 0. The van der Waals surface area contributed by atoms with Crippen LogP contribution in [0.25, 0.3) is 0 Å². The summed E-state index contributed by atoms with van der Waals surface area (Å²) in [5.41, 5.74) is 7.75. The standard InChI is InChI=1S/C17H28N2O/c1-12(2)16-5-4-13(3)8-17(16)20-11-14-6-7-19-15(9-14)10-18/h6-7,9,12-13,16-17H,4-5,8,10-11,18H2,1-3H3. The van der Waals surface area contributed by atoms with Crippen LogP contribution in [0, 0.1) is 17.8 Å². The third kappa shape index (κ3) is 4.03. The van der Waals surface area contributed by atoms with E-state index >= 15 is 0 Å². The number of hydrogen-bond donors (Lipinski definition) is 1. The molecule has 1 aliphatic carbocycles. The van der Waals surface area contributed by atoms with Gasteiger partial charge < -0.3 is 10.5 Å². The van der Waals surface area contributed by atoms with Crippen LogP contribution in [-0.4, -0.2) is 11.1 Å². The van der Waals surface area contributed by atoms with Crippen LogP contribution in [0.3, 0.4) is 0 Å². The van der Waals surface area contributed by atoms with Crippen LogP contribution in [0.15, 0.2) is 18.3 Å². The molecule has 1 saturated carbocycles. The molecule has 1 aromatic heterocycles. The number of ether oxygens (including phenoxy) is 1. The molecule has 0 aliphatic heterocycles. The van der Waals surface area contributed by atoms with Gasteiger partial charge in [0.2, 0.25) is 0 Å². The fourth-order valence-electron chi connectivity index (χ4n) is 3.24. The minimum atomic E-state index is 0.397. The Hall–Kier alpha value is -0.930. The highest BCUT2D eigenvalue weighted by atomic mass is 16.5. The minimum Gasteiger partial charge on any atom is -0.373 e. The third-order valence-electron chi connectivity index (χ3n) is 4.52. The van der Waals surface area contributed by atoms with Crippen molar-refractivity contribution in [2.75, 3.05) is 0 Å². The van der Waals surface area contributed by atoms with Gasteiger partial charge in [0.05, 0.1) is 18.4 Å². The average molecular weight is 276 g/mol. The van der Waals surface area contributed by atoms with E-state index in [1.165, 1.54) is 24.8 Å². The van der Waals surface area contributed by atoms with Gasteiger partial charge in [-0.25, -0.2) is 0 Å². The summed E-state index contributed by atoms with van der Waals surface area (Å²) in [6.07, 6.45) is 6.05. The van der Waals surface area contributed by atoms with Crippen molar-refractivity contribution in [1.29, 1.82) is 0 Å². The van der Waals surface area contributed by atoms with Crippen LogP contribution in [0.4, 0.5) is 0 Å². The van der Waals surface area contributed by atoms with Crippen LogP contribution in [0.2, 0.25) is 0 Å². The summed E-state index contributed by atoms with van der Waals surface area (Å²) < 4.78 is 6.24. The normalized spacial score (nSPS) is 26.9. The Bertz CT molecular complexity index is 419. The van der Waals surface area contributed by atoms with E-state index in [0.29, 0.717) is 31.1 Å². The maximum absolute atomic E-state index is 6.24. The lowest BCUT2D eigenvalue weighted by molar-refractivity contribution is -0.0473. The van der Waals surface area contributed by atoms with Crippen molar-refractivity contribution in [3.63, 3.8) is 0 Å². The number of nitrogens with two attached hydrogens (primary N) is 1. The van der Waals surface area contributed by atoms with Gasteiger partial charge in [0.25, 0.3) is 0 Å². The molecule has 3 heteroatoms. The molecule has 2 N–H and O–H groups in total. The molecule has 20 heavy (non-hydrogen) atoms. The molecule has 3 unspecified atom stereocenters. The highest BCUT2D eigenvalue weighted by molar-refractivity contribution is 5.15. The quantitative estimate of drug-likeness (QED) is 0.895. The first kappa shape index (κ1) is 15.5. The lowest BCUT2D eigenvalue weighted by Gasteiger charge is -2.37. The van der Waals surface area contributed by atoms with Crippen LogP contribution < -0.4 is 5.73 Å². The fourth-order valence-corrected chi connectivity index (χ4v) is 3.24. The second kappa shape index (κ2) is 7.19. The predicted molar refractivity (Wildman–Crippen MR) is 82.0 cm³/mol. The second-order valence-corrected chi connectivity index (χ2v) is 6.54. The van der Waals surface area contributed by atoms with E-state index in [4.69, 9.17) is 10.5 Å². The Kier molecular flexibility index (Phi) is 5.55. The van der Waals surface area contributed by atoms with Gasteiger partial charge in [0, 0.05) is 12.7 Å². The van der Waals surface area contributed by atoms with Gasteiger partial charge in [-0.1, -0.05) is 27.2 Å². The summed E-state index contributed by atoms with van der Waals surface area (Å²) in [6.45, 7) is 8.14. The molecular weight excluding hydrogens is 248 g/mol. The van der Waals surface area contributed by atoms with Crippen molar-refractivity contribution in [3.8, 4) is 0 Å². The zero-order valence-electron chi connectivity index (χ0n) is 13.0. The summed E-state index contributed by atoms with van der Waals surface area (Å²) in [5.74, 6) is 2.18. The summed E-state index contributed by atoms with van der Waals surface area (Å²) in [4.78, 5) is 4.23. The molecule has 3 atom stereocenters. The fraction of sp³-hybridized carbons (Fsp3) is 0.706. The van der Waals surface area contributed by atoms with Gasteiger partial charge in [-0.2, -0.15) is 0 Å². The van der Waals surface area contributed by atoms with Crippen molar-refractivity contribution >= 4 is 0 Å². The largest absolute Gasteiger partial charge is 0.373 e. The van der Waals surface area contributed by atoms with Crippen molar-refractivity contribution in [1.82, 2.24) is 4.98 Å². The average Bonchev–Trinajstić information content (AvgIpc) is 2.45. The first-order valence-corrected chi connectivity index (χ1v) is 7.85. The molecule has 0 radical (unpaired) electrons. The topological polar surface area (TPSA) is 48.1 Å². The van der Waals surface area contributed by atoms with Crippen LogP contribution >= 0.6 is 0 Å². The molecule has 0 aromatic carbocycles. The van der Waals surface area contributed by atoms with E-state index in [-0.39, 0.29) is 0 Å². The number of aromatic nitrogens is 1. The lowest BCUT2D eigenvalue weighted by atomic mass is 9.75. The highest BCUT2D eigenvalue weighted by Crippen LogP contribution is 2.35. The van der Waals surface area contributed by atoms with E-state index in [1.807, 2.05) is 12.3 Å². The van der Waals surface area contributed by atoms with Crippen LogP contribution in [-0.2, 0) is 17.9 Å². The van der Waals surface area contributed by atoms with Gasteiger partial charge in [0.1, 0.15) is 0 Å². The van der Waals surface area contributed by atoms with Gasteiger partial charge in [-0.05, 0) is 48.3 Å². The summed E-state index contributed by atoms with van der Waals surface area (Å²) in [6, 6.07) is 4.08. The zero-order chi connectivity index (χ0) is 14.5. The molecule has 1 aromatic rings. The van der Waals surface area contributed by atoms with Crippen molar-refractivity contribution in [2.24, 2.45) is 23.5 Å². The van der Waals surface area contributed by atoms with Crippen molar-refractivity contribution in [2.45, 2.75) is 59.3 Å². The molecule has 0 saturated heterocycles. The Morgan fingerprint density at radius 3 is 2.90 bits per heavy atom. The molecule has 0 spiro atoms. The van der Waals surface area contributed by atoms with Crippen LogP contribution in [0.5, 0.6) is 0 Å². The molecule has 2 rings (SSSR count). The van der Waals surface area contributed by atoms with Crippen LogP contribution in [0.1, 0.15) is 51.3 Å². The van der Waals surface area contributed by atoms with E-state index in [9.17, 15) is 0 Å². The highest BCUT2D eigenvalue weighted by Gasteiger charge is 2.31. The molecule has 0 amide bonds. The molecule has 1 fully saturated rings. The molecule has 0 bridgehead atoms. The Morgan fingerprint density at radius 1 is 1.40 bits per heavy atom. The Morgan fingerprint density at radius 2 is 2.20 bits per heavy atom. The number of rotatable bonds is 5. The van der Waals surface area contributed by atoms with E-state index < -0.39 is 0 Å². The van der Waals surface area contributed by atoms with Crippen molar-refractivity contribution in [3.05, 3.63) is 29.6 Å². The SMILES string of the molecule is CC1CCC(C(C)C)C(OCc2ccnc(CN)c2)C1. The first-order chi connectivity index (χ1) is 9.60. The van der Waals surface area contributed by atoms with E-state index in [1.54, 1.807) is 0 Å². The van der Waals surface area contributed by atoms with Crippen molar-refractivity contribution < 1.29 is 4.74 Å². The molecule has 1 heterocycles. The Labute approximate surface area is 122 Å². The van der Waals surface area contributed by atoms with E-state index in [2.05, 4.69) is 31.8 Å². The molecule has 112 valence electrons. The number of pyridine rings is 1. The number of hydrogen-bond acceptors (Lipinski definition) is 3. The van der Waals surface area contributed by atoms with Gasteiger partial charge in [0.15, 0.2) is 0 Å². The monoisotopic (exact) mass is 276 g/mol. The Balaban J connectivity index is 1.96. The third-order valence-corrected chi connectivity index (χ3v) is 4.52. The predicted octanol–water partition coefficient (Wildman–Crippen LogP) is 3.52. The maximum atomic E-state index is 6.24. The molecule has 1 aliphatic rings. The molecular formula is C17H28N2O.